The lowest BCUT2D eigenvalue weighted by Gasteiger charge is -2.29. The lowest BCUT2D eigenvalue weighted by Crippen LogP contribution is -2.50. The van der Waals surface area contributed by atoms with Gasteiger partial charge < -0.3 is 16.0 Å². The van der Waals surface area contributed by atoms with E-state index in [1.807, 2.05) is 23.1 Å². The van der Waals surface area contributed by atoms with Crippen molar-refractivity contribution in [2.45, 2.75) is 70.4 Å². The van der Waals surface area contributed by atoms with Crippen LogP contribution >= 0.6 is 0 Å². The Morgan fingerprint density at radius 1 is 0.905 bits per heavy atom. The molecule has 0 spiro atoms. The molecule has 220 valence electrons. The third-order valence-electron chi connectivity index (χ3n) is 9.15. The fourth-order valence-corrected chi connectivity index (χ4v) is 6.83. The number of nitrogens with zero attached hydrogens (tertiary/aromatic N) is 1. The number of fused-ring (bicyclic) bond motifs is 1. The molecular formula is C36H43N3O3. The lowest BCUT2D eigenvalue weighted by atomic mass is 9.80. The summed E-state index contributed by atoms with van der Waals surface area (Å²) in [5.74, 6) is -1.52. The van der Waals surface area contributed by atoms with Crippen molar-refractivity contribution >= 4 is 28.5 Å². The lowest BCUT2D eigenvalue weighted by molar-refractivity contribution is -0.139. The van der Waals surface area contributed by atoms with Gasteiger partial charge in [0.25, 0.3) is 0 Å². The second-order valence-corrected chi connectivity index (χ2v) is 12.1. The highest BCUT2D eigenvalue weighted by molar-refractivity contribution is 5.91. The van der Waals surface area contributed by atoms with Crippen molar-refractivity contribution in [3.05, 3.63) is 84.9 Å². The Morgan fingerprint density at radius 3 is 2.40 bits per heavy atom. The Balaban J connectivity index is 1.30. The van der Waals surface area contributed by atoms with Crippen LogP contribution in [0, 0.1) is 17.8 Å². The summed E-state index contributed by atoms with van der Waals surface area (Å²) < 4.78 is 0. The second-order valence-electron chi connectivity index (χ2n) is 12.1. The standard InChI is InChI=1S/C36H43N3O3/c1-2-10-31(34(37)40)32(22-25-11-3-4-12-25)35(41)38-33-17-7-8-20-39(36(33)42)24-26-13-9-16-28(21-26)30-19-18-27-14-5-6-15-29(27)23-30/h2,5-6,9,13-16,18-19,21,23,25,31-33H,1,3-4,7-8,10-12,17,20,22,24H2,(H2,37,40)(H,38,41)/t31-,32+,33-/m0/s1. The average molecular weight is 566 g/mol. The average Bonchev–Trinajstić information content (AvgIpc) is 3.46. The molecule has 3 aromatic rings. The third-order valence-corrected chi connectivity index (χ3v) is 9.15. The molecule has 0 aromatic heterocycles. The van der Waals surface area contributed by atoms with Gasteiger partial charge in [-0.25, -0.2) is 0 Å². The molecule has 3 aromatic carbocycles. The first-order chi connectivity index (χ1) is 20.4. The summed E-state index contributed by atoms with van der Waals surface area (Å²) in [4.78, 5) is 41.8. The molecule has 1 heterocycles. The van der Waals surface area contributed by atoms with Gasteiger partial charge in [0, 0.05) is 13.1 Å². The molecule has 3 amide bonds. The van der Waals surface area contributed by atoms with E-state index in [1.165, 1.54) is 10.8 Å². The van der Waals surface area contributed by atoms with Gasteiger partial charge in [0.2, 0.25) is 17.7 Å². The van der Waals surface area contributed by atoms with Crippen molar-refractivity contribution in [3.8, 4) is 11.1 Å². The molecule has 1 aliphatic carbocycles. The number of nitrogens with one attached hydrogen (secondary N) is 1. The Hall–Kier alpha value is -3.93. The quantitative estimate of drug-likeness (QED) is 0.264. The number of carbonyl (C=O) groups is 3. The van der Waals surface area contributed by atoms with Gasteiger partial charge in [0.15, 0.2) is 0 Å². The number of carbonyl (C=O) groups excluding carboxylic acids is 3. The molecule has 5 rings (SSSR count). The first-order valence-corrected chi connectivity index (χ1v) is 15.5. The topological polar surface area (TPSA) is 92.5 Å². The zero-order valence-corrected chi connectivity index (χ0v) is 24.5. The van der Waals surface area contributed by atoms with Crippen molar-refractivity contribution in [1.29, 1.82) is 0 Å². The predicted molar refractivity (Wildman–Crippen MR) is 168 cm³/mol. The van der Waals surface area contributed by atoms with Crippen LogP contribution in [0.4, 0.5) is 0 Å². The number of hydrogen-bond donors (Lipinski definition) is 2. The van der Waals surface area contributed by atoms with Gasteiger partial charge in [-0.15, -0.1) is 6.58 Å². The van der Waals surface area contributed by atoms with Crippen LogP contribution in [0.15, 0.2) is 79.4 Å². The van der Waals surface area contributed by atoms with Crippen LogP contribution in [0.3, 0.4) is 0 Å². The molecule has 6 nitrogen and oxygen atoms in total. The van der Waals surface area contributed by atoms with Gasteiger partial charge in [-0.2, -0.15) is 0 Å². The van der Waals surface area contributed by atoms with Gasteiger partial charge in [-0.1, -0.05) is 86.4 Å². The van der Waals surface area contributed by atoms with Crippen LogP contribution in [-0.2, 0) is 20.9 Å². The number of nitrogens with two attached hydrogens (primary N) is 1. The summed E-state index contributed by atoms with van der Waals surface area (Å²) in [5.41, 5.74) is 9.07. The van der Waals surface area contributed by atoms with Crippen LogP contribution in [0.2, 0.25) is 0 Å². The molecule has 0 unspecified atom stereocenters. The molecular weight excluding hydrogens is 522 g/mol. The summed E-state index contributed by atoms with van der Waals surface area (Å²) in [6.07, 6.45) is 9.41. The van der Waals surface area contributed by atoms with E-state index in [0.717, 1.165) is 55.2 Å². The second kappa shape index (κ2) is 13.8. The summed E-state index contributed by atoms with van der Waals surface area (Å²) >= 11 is 0. The summed E-state index contributed by atoms with van der Waals surface area (Å²) in [6, 6.07) is 22.5. The minimum absolute atomic E-state index is 0.0593. The van der Waals surface area contributed by atoms with Gasteiger partial charge in [-0.3, -0.25) is 14.4 Å². The van der Waals surface area contributed by atoms with Crippen LogP contribution in [-0.4, -0.2) is 35.2 Å². The Kier molecular flexibility index (Phi) is 9.73. The summed E-state index contributed by atoms with van der Waals surface area (Å²) in [5, 5.41) is 5.47. The van der Waals surface area contributed by atoms with E-state index in [4.69, 9.17) is 5.73 Å². The zero-order chi connectivity index (χ0) is 29.5. The molecule has 3 atom stereocenters. The number of benzene rings is 3. The van der Waals surface area contributed by atoms with Gasteiger partial charge in [0.05, 0.1) is 11.8 Å². The van der Waals surface area contributed by atoms with Crippen molar-refractivity contribution in [2.24, 2.45) is 23.5 Å². The first kappa shape index (κ1) is 29.6. The maximum Gasteiger partial charge on any atom is 0.245 e. The zero-order valence-electron chi connectivity index (χ0n) is 24.5. The van der Waals surface area contributed by atoms with E-state index in [-0.39, 0.29) is 11.8 Å². The minimum atomic E-state index is -0.613. The number of rotatable bonds is 11. The van der Waals surface area contributed by atoms with Crippen LogP contribution in [0.5, 0.6) is 0 Å². The number of amides is 3. The monoisotopic (exact) mass is 565 g/mol. The highest BCUT2D eigenvalue weighted by Gasteiger charge is 2.37. The van der Waals surface area contributed by atoms with E-state index in [1.54, 1.807) is 6.08 Å². The van der Waals surface area contributed by atoms with E-state index >= 15 is 0 Å². The molecule has 0 bridgehead atoms. The predicted octanol–water partition coefficient (Wildman–Crippen LogP) is 6.38. The van der Waals surface area contributed by atoms with Crippen LogP contribution in [0.1, 0.15) is 63.4 Å². The van der Waals surface area contributed by atoms with E-state index in [9.17, 15) is 14.4 Å². The Labute approximate surface area is 249 Å². The largest absolute Gasteiger partial charge is 0.369 e. The highest BCUT2D eigenvalue weighted by Crippen LogP contribution is 2.34. The fourth-order valence-electron chi connectivity index (χ4n) is 6.83. The van der Waals surface area contributed by atoms with Crippen molar-refractivity contribution in [2.75, 3.05) is 6.54 Å². The molecule has 42 heavy (non-hydrogen) atoms. The normalized spacial score (nSPS) is 19.3. The molecule has 2 aliphatic rings. The summed E-state index contributed by atoms with van der Waals surface area (Å²) in [6.45, 7) is 4.92. The summed E-state index contributed by atoms with van der Waals surface area (Å²) in [7, 11) is 0. The Bertz CT molecular complexity index is 1430. The molecule has 1 saturated heterocycles. The van der Waals surface area contributed by atoms with Gasteiger partial charge >= 0.3 is 0 Å². The SMILES string of the molecule is C=CC[C@H](C(N)=O)[C@@H](CC1CCCC1)C(=O)N[C@H]1CCCCN(Cc2cccc(-c3ccc4ccccc4c3)c2)C1=O. The minimum Gasteiger partial charge on any atom is -0.369 e. The van der Waals surface area contributed by atoms with Crippen LogP contribution < -0.4 is 11.1 Å². The van der Waals surface area contributed by atoms with Gasteiger partial charge in [-0.05, 0) is 77.6 Å². The molecule has 1 aliphatic heterocycles. The van der Waals surface area contributed by atoms with Crippen molar-refractivity contribution < 1.29 is 14.4 Å². The number of likely N-dealkylation sites (tertiary alicyclic amines) is 1. The molecule has 1 saturated carbocycles. The first-order valence-electron chi connectivity index (χ1n) is 15.5. The van der Waals surface area contributed by atoms with Crippen molar-refractivity contribution in [3.63, 3.8) is 0 Å². The molecule has 3 N–H and O–H groups in total. The van der Waals surface area contributed by atoms with Crippen molar-refractivity contribution in [1.82, 2.24) is 10.2 Å². The van der Waals surface area contributed by atoms with E-state index in [2.05, 4.69) is 60.4 Å². The third kappa shape index (κ3) is 7.10. The number of allylic oxidation sites excluding steroid dienone is 1. The Morgan fingerprint density at radius 2 is 1.64 bits per heavy atom. The van der Waals surface area contributed by atoms with E-state index in [0.29, 0.717) is 38.3 Å². The molecule has 0 radical (unpaired) electrons. The van der Waals surface area contributed by atoms with Crippen LogP contribution in [0.25, 0.3) is 21.9 Å². The fraction of sp³-hybridized carbons (Fsp3) is 0.417. The maximum atomic E-state index is 13.8. The molecule has 2 fully saturated rings. The van der Waals surface area contributed by atoms with E-state index < -0.39 is 23.8 Å². The molecule has 6 heteroatoms. The van der Waals surface area contributed by atoms with Gasteiger partial charge in [0.1, 0.15) is 6.04 Å². The number of primary amides is 1. The number of hydrogen-bond acceptors (Lipinski definition) is 3. The maximum absolute atomic E-state index is 13.8. The highest BCUT2D eigenvalue weighted by atomic mass is 16.2. The smallest absolute Gasteiger partial charge is 0.245 e.